The van der Waals surface area contributed by atoms with Crippen LogP contribution in [0.3, 0.4) is 0 Å². The van der Waals surface area contributed by atoms with E-state index in [-0.39, 0.29) is 16.9 Å². The highest BCUT2D eigenvalue weighted by Gasteiger charge is 2.15. The van der Waals surface area contributed by atoms with Crippen molar-refractivity contribution in [2.75, 3.05) is 5.73 Å². The Labute approximate surface area is 129 Å². The smallest absolute Gasteiger partial charge is 0.292 e. The van der Waals surface area contributed by atoms with E-state index in [4.69, 9.17) is 5.73 Å². The average Bonchev–Trinajstić information content (AvgIpc) is 2.45. The Morgan fingerprint density at radius 1 is 1.29 bits per heavy atom. The van der Waals surface area contributed by atoms with Crippen LogP contribution in [0.1, 0.15) is 15.9 Å². The highest BCUT2D eigenvalue weighted by molar-refractivity contribution is 9.10. The third-order valence-electron chi connectivity index (χ3n) is 2.83. The van der Waals surface area contributed by atoms with Gasteiger partial charge in [0.1, 0.15) is 5.69 Å². The molecule has 0 unspecified atom stereocenters. The number of rotatable bonds is 4. The van der Waals surface area contributed by atoms with Gasteiger partial charge in [0.05, 0.1) is 4.92 Å². The lowest BCUT2D eigenvalue weighted by molar-refractivity contribution is -0.383. The lowest BCUT2D eigenvalue weighted by atomic mass is 10.1. The molecule has 0 atom stereocenters. The van der Waals surface area contributed by atoms with E-state index in [1.807, 2.05) is 24.3 Å². The van der Waals surface area contributed by atoms with Gasteiger partial charge < -0.3 is 11.1 Å². The number of benzene rings is 2. The summed E-state index contributed by atoms with van der Waals surface area (Å²) in [5, 5.41) is 13.5. The van der Waals surface area contributed by atoms with E-state index in [0.717, 1.165) is 10.0 Å². The highest BCUT2D eigenvalue weighted by Crippen LogP contribution is 2.22. The summed E-state index contributed by atoms with van der Waals surface area (Å²) in [6.45, 7) is 0.330. The number of amides is 1. The summed E-state index contributed by atoms with van der Waals surface area (Å²) in [7, 11) is 0. The second kappa shape index (κ2) is 6.36. The maximum Gasteiger partial charge on any atom is 0.292 e. The first-order valence-electron chi connectivity index (χ1n) is 6.04. The molecule has 0 aliphatic heterocycles. The zero-order valence-electron chi connectivity index (χ0n) is 10.9. The van der Waals surface area contributed by atoms with Crippen LogP contribution >= 0.6 is 15.9 Å². The molecule has 0 bridgehead atoms. The van der Waals surface area contributed by atoms with Crippen LogP contribution < -0.4 is 11.1 Å². The van der Waals surface area contributed by atoms with Gasteiger partial charge in [0.25, 0.3) is 11.6 Å². The van der Waals surface area contributed by atoms with Crippen LogP contribution in [0.2, 0.25) is 0 Å². The Kier molecular flexibility index (Phi) is 4.54. The third kappa shape index (κ3) is 3.79. The molecular formula is C14H12BrN3O3. The standard InChI is InChI=1S/C14H12BrN3O3/c15-11-3-1-2-9(6-11)8-17-14(19)10-4-5-12(16)13(7-10)18(20)21/h1-7H,8,16H2,(H,17,19). The van der Waals surface area contributed by atoms with Crippen LogP contribution in [0.4, 0.5) is 11.4 Å². The zero-order chi connectivity index (χ0) is 15.4. The number of nitrogens with zero attached hydrogens (tertiary/aromatic N) is 1. The number of hydrogen-bond donors (Lipinski definition) is 2. The Hall–Kier alpha value is -2.41. The van der Waals surface area contributed by atoms with E-state index in [0.29, 0.717) is 6.54 Å². The van der Waals surface area contributed by atoms with Crippen molar-refractivity contribution in [3.05, 3.63) is 68.2 Å². The molecule has 0 heterocycles. The molecule has 0 saturated carbocycles. The van der Waals surface area contributed by atoms with Crippen molar-refractivity contribution >= 4 is 33.2 Å². The van der Waals surface area contributed by atoms with Gasteiger partial charge in [-0.3, -0.25) is 14.9 Å². The summed E-state index contributed by atoms with van der Waals surface area (Å²) >= 11 is 3.35. The van der Waals surface area contributed by atoms with E-state index >= 15 is 0 Å². The van der Waals surface area contributed by atoms with Crippen molar-refractivity contribution in [1.29, 1.82) is 0 Å². The third-order valence-corrected chi connectivity index (χ3v) is 3.32. The van der Waals surface area contributed by atoms with E-state index in [9.17, 15) is 14.9 Å². The summed E-state index contributed by atoms with van der Waals surface area (Å²) in [6.07, 6.45) is 0. The minimum atomic E-state index is -0.611. The normalized spacial score (nSPS) is 10.1. The second-order valence-corrected chi connectivity index (χ2v) is 5.26. The number of halogens is 1. The lowest BCUT2D eigenvalue weighted by Gasteiger charge is -2.06. The molecule has 3 N–H and O–H groups in total. The van der Waals surface area contributed by atoms with E-state index in [2.05, 4.69) is 21.2 Å². The molecule has 21 heavy (non-hydrogen) atoms. The number of nitrogens with one attached hydrogen (secondary N) is 1. The van der Waals surface area contributed by atoms with Crippen LogP contribution in [0.5, 0.6) is 0 Å². The number of nitrogen functional groups attached to an aromatic ring is 1. The molecule has 0 fully saturated rings. The van der Waals surface area contributed by atoms with Gasteiger partial charge in [-0.05, 0) is 29.8 Å². The van der Waals surface area contributed by atoms with Crippen molar-refractivity contribution in [3.63, 3.8) is 0 Å². The molecule has 0 aromatic heterocycles. The maximum absolute atomic E-state index is 12.0. The quantitative estimate of drug-likeness (QED) is 0.503. The number of anilines is 1. The van der Waals surface area contributed by atoms with Crippen molar-refractivity contribution in [3.8, 4) is 0 Å². The van der Waals surface area contributed by atoms with Gasteiger partial charge in [-0.1, -0.05) is 28.1 Å². The minimum absolute atomic E-state index is 0.0311. The maximum atomic E-state index is 12.0. The second-order valence-electron chi connectivity index (χ2n) is 4.34. The van der Waals surface area contributed by atoms with Crippen molar-refractivity contribution < 1.29 is 9.72 Å². The van der Waals surface area contributed by atoms with Gasteiger partial charge in [-0.15, -0.1) is 0 Å². The molecule has 0 aliphatic rings. The number of carbonyl (C=O) groups is 1. The van der Waals surface area contributed by atoms with Crippen LogP contribution in [0.25, 0.3) is 0 Å². The molecule has 1 amide bonds. The first kappa shape index (κ1) is 15.0. The number of nitrogens with two attached hydrogens (primary N) is 1. The Balaban J connectivity index is 2.10. The molecular weight excluding hydrogens is 338 g/mol. The summed E-state index contributed by atoms with van der Waals surface area (Å²) in [4.78, 5) is 22.2. The molecule has 2 aromatic carbocycles. The zero-order valence-corrected chi connectivity index (χ0v) is 12.5. The molecule has 2 aromatic rings. The monoisotopic (exact) mass is 349 g/mol. The summed E-state index contributed by atoms with van der Waals surface area (Å²) in [6, 6.07) is 11.5. The SMILES string of the molecule is Nc1ccc(C(=O)NCc2cccc(Br)c2)cc1[N+](=O)[O-]. The summed E-state index contributed by atoms with van der Waals surface area (Å²) < 4.78 is 0.914. The average molecular weight is 350 g/mol. The molecule has 0 aliphatic carbocycles. The number of hydrogen-bond acceptors (Lipinski definition) is 4. The molecule has 7 heteroatoms. The number of nitro groups is 1. The molecule has 0 radical (unpaired) electrons. The van der Waals surface area contributed by atoms with Crippen LogP contribution in [-0.4, -0.2) is 10.8 Å². The predicted octanol–water partition coefficient (Wildman–Crippen LogP) is 2.87. The first-order valence-corrected chi connectivity index (χ1v) is 6.83. The summed E-state index contributed by atoms with van der Waals surface area (Å²) in [5.74, 6) is -0.391. The number of carbonyl (C=O) groups excluding carboxylic acids is 1. The fraction of sp³-hybridized carbons (Fsp3) is 0.0714. The van der Waals surface area contributed by atoms with Crippen molar-refractivity contribution in [2.45, 2.75) is 6.54 Å². The molecule has 6 nitrogen and oxygen atoms in total. The fourth-order valence-corrected chi connectivity index (χ4v) is 2.22. The van der Waals surface area contributed by atoms with Crippen LogP contribution in [0.15, 0.2) is 46.9 Å². The van der Waals surface area contributed by atoms with E-state index in [1.54, 1.807) is 0 Å². The minimum Gasteiger partial charge on any atom is -0.393 e. The first-order chi connectivity index (χ1) is 9.97. The molecule has 0 spiro atoms. The van der Waals surface area contributed by atoms with E-state index < -0.39 is 10.8 Å². The lowest BCUT2D eigenvalue weighted by Crippen LogP contribution is -2.22. The number of nitro benzene ring substituents is 1. The molecule has 2 rings (SSSR count). The van der Waals surface area contributed by atoms with Gasteiger partial charge in [0, 0.05) is 22.6 Å². The van der Waals surface area contributed by atoms with Gasteiger partial charge in [0.15, 0.2) is 0 Å². The predicted molar refractivity (Wildman–Crippen MR) is 82.8 cm³/mol. The Bertz CT molecular complexity index is 704. The summed E-state index contributed by atoms with van der Waals surface area (Å²) in [5.41, 5.74) is 6.37. The van der Waals surface area contributed by atoms with Gasteiger partial charge in [-0.2, -0.15) is 0 Å². The Morgan fingerprint density at radius 3 is 2.71 bits per heavy atom. The Morgan fingerprint density at radius 2 is 2.05 bits per heavy atom. The fourth-order valence-electron chi connectivity index (χ4n) is 1.77. The van der Waals surface area contributed by atoms with Gasteiger partial charge in [0.2, 0.25) is 0 Å². The van der Waals surface area contributed by atoms with Gasteiger partial charge >= 0.3 is 0 Å². The van der Waals surface area contributed by atoms with Gasteiger partial charge in [-0.25, -0.2) is 0 Å². The molecule has 0 saturated heterocycles. The topological polar surface area (TPSA) is 98.3 Å². The van der Waals surface area contributed by atoms with Crippen LogP contribution in [0, 0.1) is 10.1 Å². The van der Waals surface area contributed by atoms with Crippen molar-refractivity contribution in [1.82, 2.24) is 5.32 Å². The molecule has 108 valence electrons. The van der Waals surface area contributed by atoms with Crippen LogP contribution in [-0.2, 0) is 6.54 Å². The van der Waals surface area contributed by atoms with Crippen molar-refractivity contribution in [2.24, 2.45) is 0 Å². The van der Waals surface area contributed by atoms with E-state index in [1.165, 1.54) is 18.2 Å². The largest absolute Gasteiger partial charge is 0.393 e. The highest BCUT2D eigenvalue weighted by atomic mass is 79.9.